The minimum Gasteiger partial charge on any atom is -0.396 e. The zero-order valence-electron chi connectivity index (χ0n) is 11.5. The van der Waals surface area contributed by atoms with E-state index < -0.39 is 5.82 Å². The van der Waals surface area contributed by atoms with Crippen LogP contribution in [0.4, 0.5) is 15.8 Å². The van der Waals surface area contributed by atoms with Gasteiger partial charge in [-0.2, -0.15) is 0 Å². The maximum Gasteiger partial charge on any atom is 0.224 e. The number of nitrogens with one attached hydrogen (secondary N) is 1. The molecule has 3 N–H and O–H groups in total. The molecule has 0 radical (unpaired) electrons. The molecule has 1 saturated carbocycles. The van der Waals surface area contributed by atoms with E-state index in [0.717, 1.165) is 18.9 Å². The highest BCUT2D eigenvalue weighted by molar-refractivity contribution is 5.91. The van der Waals surface area contributed by atoms with Crippen LogP contribution in [-0.4, -0.2) is 19.1 Å². The summed E-state index contributed by atoms with van der Waals surface area (Å²) in [7, 11) is 0. The van der Waals surface area contributed by atoms with Crippen LogP contribution in [0.25, 0.3) is 0 Å². The second-order valence-electron chi connectivity index (χ2n) is 5.23. The number of anilines is 2. The van der Waals surface area contributed by atoms with Crippen molar-refractivity contribution in [1.82, 2.24) is 0 Å². The van der Waals surface area contributed by atoms with Gasteiger partial charge in [0, 0.05) is 25.3 Å². The lowest BCUT2D eigenvalue weighted by molar-refractivity contribution is -0.116. The lowest BCUT2D eigenvalue weighted by Crippen LogP contribution is -2.12. The molecule has 0 spiro atoms. The summed E-state index contributed by atoms with van der Waals surface area (Å²) in [5, 5.41) is 2.69. The molecule has 1 aliphatic carbocycles. The third kappa shape index (κ3) is 5.17. The number of ether oxygens (including phenoxy) is 1. The molecule has 0 bridgehead atoms. The van der Waals surface area contributed by atoms with Crippen LogP contribution in [0.5, 0.6) is 0 Å². The number of amides is 1. The van der Waals surface area contributed by atoms with E-state index in [9.17, 15) is 9.18 Å². The highest BCUT2D eigenvalue weighted by Gasteiger charge is 2.20. The Hall–Kier alpha value is -1.62. The Kier molecular flexibility index (Phi) is 5.35. The molecule has 1 aliphatic rings. The lowest BCUT2D eigenvalue weighted by atomic mass is 10.2. The molecule has 0 heterocycles. The van der Waals surface area contributed by atoms with E-state index >= 15 is 0 Å². The van der Waals surface area contributed by atoms with Crippen LogP contribution in [0.1, 0.15) is 32.1 Å². The van der Waals surface area contributed by atoms with Crippen molar-refractivity contribution in [3.8, 4) is 0 Å². The number of nitrogens with two attached hydrogens (primary N) is 1. The zero-order valence-corrected chi connectivity index (χ0v) is 11.5. The number of carbonyl (C=O) groups excluding carboxylic acids is 1. The van der Waals surface area contributed by atoms with E-state index in [2.05, 4.69) is 5.32 Å². The van der Waals surface area contributed by atoms with Gasteiger partial charge < -0.3 is 15.8 Å². The predicted octanol–water partition coefficient (Wildman–Crippen LogP) is 2.94. The summed E-state index contributed by atoms with van der Waals surface area (Å²) in [5.41, 5.74) is 5.99. The molecule has 0 atom stereocenters. The van der Waals surface area contributed by atoms with E-state index in [1.807, 2.05) is 0 Å². The lowest BCUT2D eigenvalue weighted by Gasteiger charge is -2.07. The van der Waals surface area contributed by atoms with Gasteiger partial charge in [-0.1, -0.05) is 12.8 Å². The Bertz CT molecular complexity index is 461. The van der Waals surface area contributed by atoms with Gasteiger partial charge in [-0.05, 0) is 37.0 Å². The van der Waals surface area contributed by atoms with Gasteiger partial charge in [0.05, 0.1) is 5.69 Å². The molecule has 1 aromatic rings. The quantitative estimate of drug-likeness (QED) is 0.568. The van der Waals surface area contributed by atoms with Gasteiger partial charge in [-0.15, -0.1) is 0 Å². The van der Waals surface area contributed by atoms with Crippen LogP contribution in [0.3, 0.4) is 0 Å². The SMILES string of the molecule is Nc1cc(NC(=O)CCCOCCC2CC2)ccc1F. The first-order chi connectivity index (χ1) is 9.65. The number of benzene rings is 1. The molecule has 1 amide bonds. The van der Waals surface area contributed by atoms with Crippen LogP contribution >= 0.6 is 0 Å². The topological polar surface area (TPSA) is 64.3 Å². The Morgan fingerprint density at radius 1 is 1.40 bits per heavy atom. The van der Waals surface area contributed by atoms with Crippen molar-refractivity contribution in [2.45, 2.75) is 32.1 Å². The van der Waals surface area contributed by atoms with Crippen LogP contribution in [0.15, 0.2) is 18.2 Å². The Balaban J connectivity index is 1.58. The Morgan fingerprint density at radius 2 is 2.20 bits per heavy atom. The fourth-order valence-corrected chi connectivity index (χ4v) is 1.94. The van der Waals surface area contributed by atoms with E-state index in [1.54, 1.807) is 0 Å². The van der Waals surface area contributed by atoms with Crippen molar-refractivity contribution >= 4 is 17.3 Å². The van der Waals surface area contributed by atoms with Gasteiger partial charge in [-0.25, -0.2) is 4.39 Å². The van der Waals surface area contributed by atoms with Crippen molar-refractivity contribution in [3.63, 3.8) is 0 Å². The molecule has 110 valence electrons. The van der Waals surface area contributed by atoms with Gasteiger partial charge in [0.15, 0.2) is 0 Å². The van der Waals surface area contributed by atoms with Crippen LogP contribution < -0.4 is 11.1 Å². The molecule has 0 unspecified atom stereocenters. The van der Waals surface area contributed by atoms with E-state index in [4.69, 9.17) is 10.5 Å². The van der Waals surface area contributed by atoms with Crippen molar-refractivity contribution in [3.05, 3.63) is 24.0 Å². The van der Waals surface area contributed by atoms with Gasteiger partial charge in [0.1, 0.15) is 5.82 Å². The highest BCUT2D eigenvalue weighted by Crippen LogP contribution is 2.32. The summed E-state index contributed by atoms with van der Waals surface area (Å²) in [4.78, 5) is 11.7. The van der Waals surface area contributed by atoms with E-state index in [-0.39, 0.29) is 11.6 Å². The third-order valence-corrected chi connectivity index (χ3v) is 3.34. The summed E-state index contributed by atoms with van der Waals surface area (Å²) in [6, 6.07) is 4.15. The van der Waals surface area contributed by atoms with Crippen molar-refractivity contribution < 1.29 is 13.9 Å². The van der Waals surface area contributed by atoms with Gasteiger partial charge >= 0.3 is 0 Å². The van der Waals surface area contributed by atoms with Crippen molar-refractivity contribution in [1.29, 1.82) is 0 Å². The molecule has 4 nitrogen and oxygen atoms in total. The molecule has 0 aliphatic heterocycles. The van der Waals surface area contributed by atoms with Gasteiger partial charge in [0.2, 0.25) is 5.91 Å². The first-order valence-corrected chi connectivity index (χ1v) is 7.08. The number of nitrogen functional groups attached to an aromatic ring is 1. The smallest absolute Gasteiger partial charge is 0.224 e. The van der Waals surface area contributed by atoms with Crippen molar-refractivity contribution in [2.24, 2.45) is 5.92 Å². The molecule has 20 heavy (non-hydrogen) atoms. The fourth-order valence-electron chi connectivity index (χ4n) is 1.94. The average Bonchev–Trinajstić information content (AvgIpc) is 3.22. The largest absolute Gasteiger partial charge is 0.396 e. The summed E-state index contributed by atoms with van der Waals surface area (Å²) in [6.45, 7) is 1.40. The molecular weight excluding hydrogens is 259 g/mol. The van der Waals surface area contributed by atoms with Crippen LogP contribution in [0, 0.1) is 11.7 Å². The monoisotopic (exact) mass is 280 g/mol. The fraction of sp³-hybridized carbons (Fsp3) is 0.533. The molecule has 1 aromatic carbocycles. The number of rotatable bonds is 8. The molecule has 5 heteroatoms. The molecule has 0 saturated heterocycles. The van der Waals surface area contributed by atoms with E-state index in [0.29, 0.717) is 25.1 Å². The standard InChI is InChI=1S/C15H21FN2O2/c16-13-6-5-12(10-14(13)17)18-15(19)2-1-8-20-9-7-11-3-4-11/h5-6,10-11H,1-4,7-9,17H2,(H,18,19). The summed E-state index contributed by atoms with van der Waals surface area (Å²) < 4.78 is 18.4. The van der Waals surface area contributed by atoms with Gasteiger partial charge in [-0.3, -0.25) is 4.79 Å². The summed E-state index contributed by atoms with van der Waals surface area (Å²) in [5.74, 6) is 0.288. The van der Waals surface area contributed by atoms with E-state index in [1.165, 1.54) is 31.0 Å². The first-order valence-electron chi connectivity index (χ1n) is 7.08. The highest BCUT2D eigenvalue weighted by atomic mass is 19.1. The maximum atomic E-state index is 13.0. The molecule has 2 rings (SSSR count). The summed E-state index contributed by atoms with van der Waals surface area (Å²) in [6.07, 6.45) is 4.90. The Labute approximate surface area is 118 Å². The second kappa shape index (κ2) is 7.24. The van der Waals surface area contributed by atoms with Crippen LogP contribution in [-0.2, 0) is 9.53 Å². The summed E-state index contributed by atoms with van der Waals surface area (Å²) >= 11 is 0. The normalized spacial score (nSPS) is 14.2. The average molecular weight is 280 g/mol. The maximum absolute atomic E-state index is 13.0. The second-order valence-corrected chi connectivity index (χ2v) is 5.23. The number of carbonyl (C=O) groups is 1. The molecule has 1 fully saturated rings. The zero-order chi connectivity index (χ0) is 14.4. The number of halogens is 1. The number of hydrogen-bond acceptors (Lipinski definition) is 3. The predicted molar refractivity (Wildman–Crippen MR) is 76.8 cm³/mol. The minimum atomic E-state index is -0.480. The number of hydrogen-bond donors (Lipinski definition) is 2. The first kappa shape index (κ1) is 14.8. The third-order valence-electron chi connectivity index (χ3n) is 3.34. The van der Waals surface area contributed by atoms with Gasteiger partial charge in [0.25, 0.3) is 0 Å². The Morgan fingerprint density at radius 3 is 2.90 bits per heavy atom. The van der Waals surface area contributed by atoms with Crippen molar-refractivity contribution in [2.75, 3.05) is 24.3 Å². The molecule has 0 aromatic heterocycles. The minimum absolute atomic E-state index is 0.0335. The molecular formula is C15H21FN2O2. The van der Waals surface area contributed by atoms with Crippen LogP contribution in [0.2, 0.25) is 0 Å².